The van der Waals surface area contributed by atoms with Crippen LogP contribution < -0.4 is 16.2 Å². The molecule has 2 aromatic carbocycles. The second-order valence-electron chi connectivity index (χ2n) is 9.41. The molecule has 3 aromatic rings. The third kappa shape index (κ3) is 5.35. The lowest BCUT2D eigenvalue weighted by Gasteiger charge is -2.44. The van der Waals surface area contributed by atoms with Crippen molar-refractivity contribution >= 4 is 68.8 Å². The molecule has 2 aliphatic heterocycles. The van der Waals surface area contributed by atoms with Crippen LogP contribution in [0.4, 0.5) is 0 Å². The van der Waals surface area contributed by atoms with E-state index in [-0.39, 0.29) is 29.7 Å². The van der Waals surface area contributed by atoms with Crippen LogP contribution in [-0.4, -0.2) is 43.5 Å². The van der Waals surface area contributed by atoms with E-state index < -0.39 is 9.96 Å². The van der Waals surface area contributed by atoms with Crippen molar-refractivity contribution in [2.45, 2.75) is 35.3 Å². The molecule has 1 aromatic heterocycles. The summed E-state index contributed by atoms with van der Waals surface area (Å²) in [7, 11) is 0. The normalized spacial score (nSPS) is 19.9. The molecule has 0 spiro atoms. The maximum Gasteiger partial charge on any atom is 0.250 e. The largest absolute Gasteiger partial charge is 0.348 e. The predicted octanol–water partition coefficient (Wildman–Crippen LogP) is 4.35. The number of benzene rings is 2. The molecule has 36 heavy (non-hydrogen) atoms. The average Bonchev–Trinajstić information content (AvgIpc) is 2.84. The fourth-order valence-corrected chi connectivity index (χ4v) is 5.90. The summed E-state index contributed by atoms with van der Waals surface area (Å²) in [6.45, 7) is 1.97. The van der Waals surface area contributed by atoms with Gasteiger partial charge in [-0.1, -0.05) is 83.3 Å². The Kier molecular flexibility index (Phi) is 7.18. The van der Waals surface area contributed by atoms with E-state index in [4.69, 9.17) is 47.0 Å². The highest BCUT2D eigenvalue weighted by Crippen LogP contribution is 2.35. The van der Waals surface area contributed by atoms with Crippen molar-refractivity contribution in [3.05, 3.63) is 82.3 Å². The summed E-state index contributed by atoms with van der Waals surface area (Å²) < 4.78 is 0.0360. The smallest absolute Gasteiger partial charge is 0.250 e. The minimum Gasteiger partial charge on any atom is -0.348 e. The standard InChI is InChI=1S/C26H25Cl3N4O2S/c27-26(28,29)24(30-22(34)12-18-7-3-6-17-5-1-2-8-20(17)18)31-25(36)32-13-16-11-19(15-32)21-9-4-10-23(35)33(21)14-16/h1-10,16,19,24H,11-15H2,(H,30,34)(H,31,36)/t16-,19-,24-/m1/s1. The molecule has 5 rings (SSSR count). The number of pyridine rings is 1. The van der Waals surface area contributed by atoms with Gasteiger partial charge in [0, 0.05) is 37.3 Å². The van der Waals surface area contributed by atoms with Gasteiger partial charge in [-0.25, -0.2) is 0 Å². The molecule has 188 valence electrons. The first-order chi connectivity index (χ1) is 17.2. The molecular weight excluding hydrogens is 539 g/mol. The zero-order chi connectivity index (χ0) is 25.4. The molecule has 3 heterocycles. The summed E-state index contributed by atoms with van der Waals surface area (Å²) in [6, 6.07) is 19.1. The molecule has 0 saturated carbocycles. The number of alkyl halides is 3. The summed E-state index contributed by atoms with van der Waals surface area (Å²) in [5, 5.41) is 8.33. The van der Waals surface area contributed by atoms with E-state index in [1.807, 2.05) is 58.0 Å². The van der Waals surface area contributed by atoms with Crippen molar-refractivity contribution in [2.75, 3.05) is 13.1 Å². The highest BCUT2D eigenvalue weighted by Gasteiger charge is 2.38. The summed E-state index contributed by atoms with van der Waals surface area (Å²) >= 11 is 24.4. The maximum atomic E-state index is 13.0. The van der Waals surface area contributed by atoms with Gasteiger partial charge in [-0.05, 0) is 47.0 Å². The summed E-state index contributed by atoms with van der Waals surface area (Å²) in [5.41, 5.74) is 1.93. The van der Waals surface area contributed by atoms with Crippen LogP contribution in [0.3, 0.4) is 0 Å². The molecule has 6 nitrogen and oxygen atoms in total. The van der Waals surface area contributed by atoms with Crippen molar-refractivity contribution in [3.63, 3.8) is 0 Å². The number of hydrogen-bond donors (Lipinski definition) is 2. The van der Waals surface area contributed by atoms with Gasteiger partial charge in [0.05, 0.1) is 6.42 Å². The van der Waals surface area contributed by atoms with Crippen LogP contribution in [0.1, 0.15) is 23.6 Å². The molecule has 0 radical (unpaired) electrons. The molecule has 10 heteroatoms. The van der Waals surface area contributed by atoms with Crippen LogP contribution in [0, 0.1) is 5.92 Å². The number of rotatable bonds is 4. The molecule has 1 amide bonds. The third-order valence-corrected chi connectivity index (χ3v) is 7.93. The van der Waals surface area contributed by atoms with Crippen LogP contribution in [0.25, 0.3) is 10.8 Å². The number of carbonyl (C=O) groups is 1. The number of hydrogen-bond acceptors (Lipinski definition) is 3. The van der Waals surface area contributed by atoms with Crippen LogP contribution in [0.5, 0.6) is 0 Å². The predicted molar refractivity (Wildman–Crippen MR) is 149 cm³/mol. The van der Waals surface area contributed by atoms with Crippen molar-refractivity contribution < 1.29 is 4.79 Å². The van der Waals surface area contributed by atoms with Crippen molar-refractivity contribution in [1.82, 2.24) is 20.1 Å². The lowest BCUT2D eigenvalue weighted by atomic mass is 9.83. The van der Waals surface area contributed by atoms with E-state index in [1.54, 1.807) is 12.1 Å². The second-order valence-corrected chi connectivity index (χ2v) is 12.2. The highest BCUT2D eigenvalue weighted by molar-refractivity contribution is 7.80. The number of amides is 1. The summed E-state index contributed by atoms with van der Waals surface area (Å²) in [4.78, 5) is 27.3. The van der Waals surface area contributed by atoms with Crippen molar-refractivity contribution in [3.8, 4) is 0 Å². The molecule has 2 N–H and O–H groups in total. The molecular formula is C26H25Cl3N4O2S. The zero-order valence-corrected chi connectivity index (χ0v) is 22.4. The molecule has 0 unspecified atom stereocenters. The quantitative estimate of drug-likeness (QED) is 0.281. The average molecular weight is 564 g/mol. The Hall–Kier alpha value is -2.32. The summed E-state index contributed by atoms with van der Waals surface area (Å²) in [6.07, 6.45) is 0.110. The first-order valence-corrected chi connectivity index (χ1v) is 13.3. The fourth-order valence-electron chi connectivity index (χ4n) is 5.31. The summed E-state index contributed by atoms with van der Waals surface area (Å²) in [5.74, 6) is 0.170. The van der Waals surface area contributed by atoms with Crippen LogP contribution in [-0.2, 0) is 17.8 Å². The second kappa shape index (κ2) is 10.2. The number of nitrogens with zero attached hydrogens (tertiary/aromatic N) is 2. The Morgan fingerprint density at radius 3 is 2.56 bits per heavy atom. The minimum atomic E-state index is -1.83. The van der Waals surface area contributed by atoms with Crippen LogP contribution in [0.15, 0.2) is 65.5 Å². The van der Waals surface area contributed by atoms with E-state index in [1.165, 1.54) is 0 Å². The van der Waals surface area contributed by atoms with E-state index in [0.717, 1.165) is 28.5 Å². The van der Waals surface area contributed by atoms with E-state index in [9.17, 15) is 9.59 Å². The Labute approximate surface area is 229 Å². The zero-order valence-electron chi connectivity index (χ0n) is 19.3. The van der Waals surface area contributed by atoms with Gasteiger partial charge in [-0.2, -0.15) is 0 Å². The van der Waals surface area contributed by atoms with Gasteiger partial charge in [0.25, 0.3) is 5.56 Å². The van der Waals surface area contributed by atoms with E-state index in [2.05, 4.69) is 10.6 Å². The number of carbonyl (C=O) groups excluding carboxylic acids is 1. The minimum absolute atomic E-state index is 0.0292. The van der Waals surface area contributed by atoms with Gasteiger partial charge in [-0.15, -0.1) is 0 Å². The van der Waals surface area contributed by atoms with Crippen molar-refractivity contribution in [2.24, 2.45) is 5.92 Å². The SMILES string of the molecule is O=C(Cc1cccc2ccccc12)N[C@H](NC(=S)N1C[C@H]2C[C@H](C1)c1cccc(=O)n1C2)C(Cl)(Cl)Cl. The van der Waals surface area contributed by atoms with Crippen LogP contribution in [0.2, 0.25) is 0 Å². The number of piperidine rings is 1. The van der Waals surface area contributed by atoms with Crippen molar-refractivity contribution in [1.29, 1.82) is 0 Å². The lowest BCUT2D eigenvalue weighted by molar-refractivity contribution is -0.121. The fraction of sp³-hybridized carbons (Fsp3) is 0.346. The molecule has 1 fully saturated rings. The molecule has 3 atom stereocenters. The molecule has 2 aliphatic rings. The van der Waals surface area contributed by atoms with E-state index >= 15 is 0 Å². The number of nitrogens with one attached hydrogen (secondary N) is 2. The molecule has 0 aliphatic carbocycles. The topological polar surface area (TPSA) is 66.4 Å². The number of thiocarbonyl (C=S) groups is 1. The third-order valence-electron chi connectivity index (χ3n) is 6.90. The number of aromatic nitrogens is 1. The highest BCUT2D eigenvalue weighted by atomic mass is 35.6. The Balaban J connectivity index is 1.27. The lowest BCUT2D eigenvalue weighted by Crippen LogP contribution is -2.60. The van der Waals surface area contributed by atoms with Crippen LogP contribution >= 0.6 is 47.0 Å². The molecule has 1 saturated heterocycles. The monoisotopic (exact) mass is 562 g/mol. The number of halogens is 3. The first kappa shape index (κ1) is 25.3. The van der Waals surface area contributed by atoms with Gasteiger partial charge in [0.2, 0.25) is 9.70 Å². The Morgan fingerprint density at radius 1 is 1.00 bits per heavy atom. The van der Waals surface area contributed by atoms with E-state index in [0.29, 0.717) is 24.7 Å². The maximum absolute atomic E-state index is 13.0. The Bertz CT molecular complexity index is 1370. The number of fused-ring (bicyclic) bond motifs is 5. The van der Waals surface area contributed by atoms with Gasteiger partial charge in [0.1, 0.15) is 6.17 Å². The van der Waals surface area contributed by atoms with Gasteiger partial charge in [-0.3, -0.25) is 9.59 Å². The first-order valence-electron chi connectivity index (χ1n) is 11.8. The Morgan fingerprint density at radius 2 is 1.75 bits per heavy atom. The molecule has 2 bridgehead atoms. The van der Waals surface area contributed by atoms with Gasteiger partial charge < -0.3 is 20.1 Å². The number of likely N-dealkylation sites (tertiary alicyclic amines) is 1. The van der Waals surface area contributed by atoms with Gasteiger partial charge >= 0.3 is 0 Å². The van der Waals surface area contributed by atoms with Gasteiger partial charge in [0.15, 0.2) is 5.11 Å².